The lowest BCUT2D eigenvalue weighted by molar-refractivity contribution is -0.226. The van der Waals surface area contributed by atoms with Crippen molar-refractivity contribution in [2.75, 3.05) is 0 Å². The van der Waals surface area contributed by atoms with Crippen LogP contribution in [0.25, 0.3) is 0 Å². The molecule has 6 nitrogen and oxygen atoms in total. The van der Waals surface area contributed by atoms with E-state index in [0.29, 0.717) is 6.42 Å². The lowest BCUT2D eigenvalue weighted by Crippen LogP contribution is -2.66. The number of carbonyl (C=O) groups excluding carboxylic acids is 2. The second-order valence-corrected chi connectivity index (χ2v) is 12.5. The van der Waals surface area contributed by atoms with Gasteiger partial charge < -0.3 is 19.0 Å². The molecule has 6 heteroatoms. The van der Waals surface area contributed by atoms with Crippen molar-refractivity contribution in [2.45, 2.75) is 92.0 Å². The molecule has 34 heavy (non-hydrogen) atoms. The average Bonchev–Trinajstić information content (AvgIpc) is 3.28. The largest absolute Gasteiger partial charge is 0.472 e. The van der Waals surface area contributed by atoms with E-state index in [1.807, 2.05) is 6.07 Å². The fourth-order valence-electron chi connectivity index (χ4n) is 8.84. The van der Waals surface area contributed by atoms with Gasteiger partial charge in [-0.1, -0.05) is 34.6 Å². The molecule has 0 saturated heterocycles. The van der Waals surface area contributed by atoms with Crippen molar-refractivity contribution in [2.24, 2.45) is 33.5 Å². The number of ether oxygens (including phenoxy) is 2. The van der Waals surface area contributed by atoms with Gasteiger partial charge in [0.25, 0.3) is 0 Å². The van der Waals surface area contributed by atoms with E-state index in [2.05, 4.69) is 34.6 Å². The quantitative estimate of drug-likeness (QED) is 0.585. The molecule has 8 atom stereocenters. The van der Waals surface area contributed by atoms with Crippen LogP contribution in [0.1, 0.15) is 85.3 Å². The molecule has 5 rings (SSSR count). The summed E-state index contributed by atoms with van der Waals surface area (Å²) in [5.41, 5.74) is 0.635. The molecule has 186 valence electrons. The van der Waals surface area contributed by atoms with Gasteiger partial charge in [-0.25, -0.2) is 4.79 Å². The molecule has 3 aliphatic carbocycles. The number of hydrogen-bond donors (Lipinski definition) is 1. The Morgan fingerprint density at radius 1 is 1.12 bits per heavy atom. The Hall–Kier alpha value is -2.08. The summed E-state index contributed by atoms with van der Waals surface area (Å²) < 4.78 is 17.4. The zero-order valence-corrected chi connectivity index (χ0v) is 21.2. The van der Waals surface area contributed by atoms with Gasteiger partial charge in [0.2, 0.25) is 0 Å². The van der Waals surface area contributed by atoms with E-state index in [1.165, 1.54) is 6.92 Å². The van der Waals surface area contributed by atoms with Crippen molar-refractivity contribution in [3.05, 3.63) is 35.8 Å². The lowest BCUT2D eigenvalue weighted by atomic mass is 9.36. The predicted octanol–water partition coefficient (Wildman–Crippen LogP) is 5.37. The molecule has 3 fully saturated rings. The van der Waals surface area contributed by atoms with E-state index in [4.69, 9.17) is 13.9 Å². The van der Waals surface area contributed by atoms with Crippen molar-refractivity contribution in [1.82, 2.24) is 0 Å². The molecule has 1 aromatic heterocycles. The third kappa shape index (κ3) is 3.03. The van der Waals surface area contributed by atoms with Crippen LogP contribution in [0.2, 0.25) is 0 Å². The second kappa shape index (κ2) is 7.46. The number of furan rings is 1. The van der Waals surface area contributed by atoms with Crippen LogP contribution in [-0.2, 0) is 19.1 Å². The van der Waals surface area contributed by atoms with E-state index in [1.54, 1.807) is 18.6 Å². The number of aliphatic hydroxyl groups is 1. The van der Waals surface area contributed by atoms with Crippen molar-refractivity contribution in [3.8, 4) is 0 Å². The van der Waals surface area contributed by atoms with Gasteiger partial charge in [-0.15, -0.1) is 0 Å². The molecule has 4 aliphatic rings. The highest BCUT2D eigenvalue weighted by molar-refractivity contribution is 5.85. The maximum absolute atomic E-state index is 12.9. The average molecular weight is 471 g/mol. The first kappa shape index (κ1) is 23.7. The van der Waals surface area contributed by atoms with Crippen LogP contribution in [0.5, 0.6) is 0 Å². The maximum atomic E-state index is 12.9. The monoisotopic (exact) mass is 470 g/mol. The molecular weight excluding hydrogens is 432 g/mol. The van der Waals surface area contributed by atoms with Gasteiger partial charge in [-0.05, 0) is 66.4 Å². The van der Waals surface area contributed by atoms with Crippen LogP contribution < -0.4 is 0 Å². The van der Waals surface area contributed by atoms with Crippen LogP contribution in [0.15, 0.2) is 34.7 Å². The highest BCUT2D eigenvalue weighted by Crippen LogP contribution is 2.73. The number of carbonyl (C=O) groups is 2. The smallest absolute Gasteiger partial charge is 0.331 e. The maximum Gasteiger partial charge on any atom is 0.331 e. The zero-order valence-electron chi connectivity index (χ0n) is 21.2. The summed E-state index contributed by atoms with van der Waals surface area (Å²) in [5.74, 6) is -0.240. The lowest BCUT2D eigenvalue weighted by Gasteiger charge is -2.69. The Kier molecular flexibility index (Phi) is 5.19. The predicted molar refractivity (Wildman–Crippen MR) is 125 cm³/mol. The molecule has 0 amide bonds. The summed E-state index contributed by atoms with van der Waals surface area (Å²) in [6.45, 7) is 12.5. The summed E-state index contributed by atoms with van der Waals surface area (Å²) in [6, 6.07) is 1.87. The fraction of sp³-hybridized carbons (Fsp3) is 0.714. The molecule has 0 bridgehead atoms. The Morgan fingerprint density at radius 2 is 1.85 bits per heavy atom. The van der Waals surface area contributed by atoms with Gasteiger partial charge >= 0.3 is 11.9 Å². The Morgan fingerprint density at radius 3 is 2.50 bits per heavy atom. The molecule has 0 spiro atoms. The molecule has 1 aromatic rings. The van der Waals surface area contributed by atoms with E-state index >= 15 is 0 Å². The molecule has 0 radical (unpaired) electrons. The van der Waals surface area contributed by atoms with Gasteiger partial charge in [0, 0.05) is 29.4 Å². The first-order valence-corrected chi connectivity index (χ1v) is 12.7. The minimum absolute atomic E-state index is 0.0389. The normalized spacial score (nSPS) is 45.2. The SMILES string of the molecule is CC(=O)O[C@@H]1CC2C(C)(C)[C@@H](O)CC[C@]2(C)C2CC[C@]3(C)C(=CC(=O)OC3c3ccoc3)[C@@]21C. The van der Waals surface area contributed by atoms with Crippen molar-refractivity contribution >= 4 is 11.9 Å². The number of fused-ring (bicyclic) bond motifs is 5. The molecule has 2 heterocycles. The number of rotatable bonds is 2. The van der Waals surface area contributed by atoms with E-state index in [0.717, 1.165) is 36.8 Å². The van der Waals surface area contributed by atoms with E-state index in [9.17, 15) is 14.7 Å². The van der Waals surface area contributed by atoms with Crippen LogP contribution >= 0.6 is 0 Å². The standard InChI is InChI=1S/C28H38O6/c1-16(29)33-22-13-19-25(2,3)21(30)8-11-26(19,4)18-7-10-27(5)20(28(18,22)6)14-23(31)34-24(27)17-9-12-32-15-17/h9,12,14-15,18-19,21-22,24,30H,7-8,10-11,13H2,1-6H3/t18?,19?,21-,22+,24?,26+,27+,28+/m0/s1. The molecular formula is C28H38O6. The number of esters is 2. The Bertz CT molecular complexity index is 1020. The first-order valence-electron chi connectivity index (χ1n) is 12.7. The number of hydrogen-bond acceptors (Lipinski definition) is 6. The summed E-state index contributed by atoms with van der Waals surface area (Å²) >= 11 is 0. The molecule has 1 N–H and O–H groups in total. The van der Waals surface area contributed by atoms with Gasteiger partial charge in [0.05, 0.1) is 18.6 Å². The summed E-state index contributed by atoms with van der Waals surface area (Å²) in [4.78, 5) is 25.3. The van der Waals surface area contributed by atoms with Gasteiger partial charge in [-0.2, -0.15) is 0 Å². The summed E-state index contributed by atoms with van der Waals surface area (Å²) in [5, 5.41) is 10.9. The third-order valence-electron chi connectivity index (χ3n) is 10.5. The van der Waals surface area contributed by atoms with Crippen LogP contribution in [0.4, 0.5) is 0 Å². The minimum Gasteiger partial charge on any atom is -0.472 e. The second-order valence-electron chi connectivity index (χ2n) is 12.5. The Balaban J connectivity index is 1.67. The topological polar surface area (TPSA) is 86.0 Å². The van der Waals surface area contributed by atoms with Crippen LogP contribution in [0.3, 0.4) is 0 Å². The Labute approximate surface area is 202 Å². The molecule has 0 aromatic carbocycles. The molecule has 1 aliphatic heterocycles. The minimum atomic E-state index is -0.510. The third-order valence-corrected chi connectivity index (χ3v) is 10.5. The fourth-order valence-corrected chi connectivity index (χ4v) is 8.84. The van der Waals surface area contributed by atoms with E-state index < -0.39 is 16.9 Å². The van der Waals surface area contributed by atoms with Crippen molar-refractivity contribution < 1.29 is 28.6 Å². The van der Waals surface area contributed by atoms with Crippen molar-refractivity contribution in [3.63, 3.8) is 0 Å². The highest BCUT2D eigenvalue weighted by atomic mass is 16.6. The van der Waals surface area contributed by atoms with Crippen LogP contribution in [0, 0.1) is 33.5 Å². The highest BCUT2D eigenvalue weighted by Gasteiger charge is 2.69. The number of cyclic esters (lactones) is 1. The summed E-state index contributed by atoms with van der Waals surface area (Å²) in [7, 11) is 0. The zero-order chi connectivity index (χ0) is 24.7. The van der Waals surface area contributed by atoms with E-state index in [-0.39, 0.29) is 46.8 Å². The van der Waals surface area contributed by atoms with Gasteiger partial charge in [0.15, 0.2) is 0 Å². The first-order chi connectivity index (χ1) is 15.8. The van der Waals surface area contributed by atoms with Crippen molar-refractivity contribution in [1.29, 1.82) is 0 Å². The van der Waals surface area contributed by atoms with Gasteiger partial charge in [-0.3, -0.25) is 4.79 Å². The van der Waals surface area contributed by atoms with Gasteiger partial charge in [0.1, 0.15) is 12.2 Å². The molecule has 3 saturated carbocycles. The summed E-state index contributed by atoms with van der Waals surface area (Å²) in [6.07, 6.45) is 7.93. The number of aliphatic hydroxyl groups excluding tert-OH is 1. The van der Waals surface area contributed by atoms with Crippen LogP contribution in [-0.4, -0.2) is 29.3 Å². The molecule has 3 unspecified atom stereocenters.